The molecular formula is C14H15BrN2OS. The van der Waals surface area contributed by atoms with Gasteiger partial charge in [-0.25, -0.2) is 0 Å². The second-order valence-electron chi connectivity index (χ2n) is 4.14. The van der Waals surface area contributed by atoms with Crippen LogP contribution in [0, 0.1) is 6.92 Å². The fourth-order valence-electron chi connectivity index (χ4n) is 1.84. The van der Waals surface area contributed by atoms with Crippen molar-refractivity contribution in [1.82, 2.24) is 9.78 Å². The standard InChI is InChI=1S/C14H15BrN2OS/c1-3-17-13(14(15)10(2)16-17)9-19-12-6-4-5-11(7-12)8-18/h4-8H,3,9H2,1-2H3. The average molecular weight is 339 g/mol. The van der Waals surface area contributed by atoms with Crippen molar-refractivity contribution in [2.24, 2.45) is 0 Å². The van der Waals surface area contributed by atoms with E-state index in [4.69, 9.17) is 0 Å². The molecule has 0 aliphatic carbocycles. The van der Waals surface area contributed by atoms with Crippen LogP contribution >= 0.6 is 27.7 Å². The summed E-state index contributed by atoms with van der Waals surface area (Å²) in [4.78, 5) is 11.9. The number of thioether (sulfide) groups is 1. The molecule has 5 heteroatoms. The molecular weight excluding hydrogens is 324 g/mol. The lowest BCUT2D eigenvalue weighted by Gasteiger charge is -2.06. The Morgan fingerprint density at radius 3 is 2.95 bits per heavy atom. The van der Waals surface area contributed by atoms with Crippen LogP contribution < -0.4 is 0 Å². The number of benzene rings is 1. The smallest absolute Gasteiger partial charge is 0.150 e. The zero-order valence-corrected chi connectivity index (χ0v) is 13.3. The van der Waals surface area contributed by atoms with E-state index in [1.54, 1.807) is 11.8 Å². The number of aromatic nitrogens is 2. The SMILES string of the molecule is CCn1nc(C)c(Br)c1CSc1cccc(C=O)c1. The normalized spacial score (nSPS) is 10.7. The third kappa shape index (κ3) is 3.28. The Labute approximate surface area is 125 Å². The molecule has 2 rings (SSSR count). The molecule has 1 heterocycles. The van der Waals surface area contributed by atoms with Crippen LogP contribution in [-0.4, -0.2) is 16.1 Å². The van der Waals surface area contributed by atoms with Gasteiger partial charge in [0.15, 0.2) is 0 Å². The molecule has 0 saturated carbocycles. The van der Waals surface area contributed by atoms with Crippen LogP contribution in [0.1, 0.15) is 28.7 Å². The molecule has 19 heavy (non-hydrogen) atoms. The van der Waals surface area contributed by atoms with Crippen LogP contribution in [0.2, 0.25) is 0 Å². The molecule has 0 fully saturated rings. The van der Waals surface area contributed by atoms with Gasteiger partial charge < -0.3 is 0 Å². The minimum Gasteiger partial charge on any atom is -0.298 e. The highest BCUT2D eigenvalue weighted by molar-refractivity contribution is 9.10. The molecule has 0 aliphatic heterocycles. The zero-order chi connectivity index (χ0) is 13.8. The summed E-state index contributed by atoms with van der Waals surface area (Å²) in [6.07, 6.45) is 0.875. The Bertz CT molecular complexity index is 595. The van der Waals surface area contributed by atoms with Crippen LogP contribution in [0.15, 0.2) is 33.6 Å². The van der Waals surface area contributed by atoms with Gasteiger partial charge in [-0.05, 0) is 41.9 Å². The number of hydrogen-bond donors (Lipinski definition) is 0. The minimum atomic E-state index is 0.712. The predicted octanol–water partition coefficient (Wildman–Crippen LogP) is 4.08. The molecule has 100 valence electrons. The second kappa shape index (κ2) is 6.39. The van der Waals surface area contributed by atoms with Gasteiger partial charge >= 0.3 is 0 Å². The quantitative estimate of drug-likeness (QED) is 0.608. The maximum atomic E-state index is 10.8. The van der Waals surface area contributed by atoms with Gasteiger partial charge in [0.25, 0.3) is 0 Å². The summed E-state index contributed by atoms with van der Waals surface area (Å²) < 4.78 is 3.09. The van der Waals surface area contributed by atoms with Gasteiger partial charge in [-0.1, -0.05) is 12.1 Å². The van der Waals surface area contributed by atoms with E-state index in [0.29, 0.717) is 5.56 Å². The number of carbonyl (C=O) groups excluding carboxylic acids is 1. The van der Waals surface area contributed by atoms with Gasteiger partial charge in [0, 0.05) is 22.8 Å². The van der Waals surface area contributed by atoms with E-state index in [2.05, 4.69) is 28.0 Å². The van der Waals surface area contributed by atoms with Crippen molar-refractivity contribution in [2.45, 2.75) is 31.0 Å². The number of aryl methyl sites for hydroxylation is 2. The molecule has 0 spiro atoms. The van der Waals surface area contributed by atoms with Crippen molar-refractivity contribution in [3.05, 3.63) is 45.7 Å². The maximum absolute atomic E-state index is 10.8. The fraction of sp³-hybridized carbons (Fsp3) is 0.286. The van der Waals surface area contributed by atoms with E-state index in [1.165, 1.54) is 5.69 Å². The number of nitrogens with zero attached hydrogens (tertiary/aromatic N) is 2. The molecule has 1 aromatic heterocycles. The van der Waals surface area contributed by atoms with E-state index in [9.17, 15) is 4.79 Å². The Morgan fingerprint density at radius 2 is 2.26 bits per heavy atom. The zero-order valence-electron chi connectivity index (χ0n) is 10.9. The number of rotatable bonds is 5. The molecule has 0 amide bonds. The van der Waals surface area contributed by atoms with Gasteiger partial charge in [-0.2, -0.15) is 5.10 Å². The molecule has 0 bridgehead atoms. The van der Waals surface area contributed by atoms with Gasteiger partial charge in [-0.3, -0.25) is 9.48 Å². The number of aldehydes is 1. The van der Waals surface area contributed by atoms with Crippen LogP contribution in [0.3, 0.4) is 0 Å². The van der Waals surface area contributed by atoms with Gasteiger partial charge in [0.2, 0.25) is 0 Å². The third-order valence-electron chi connectivity index (χ3n) is 2.82. The molecule has 0 radical (unpaired) electrons. The first-order valence-corrected chi connectivity index (χ1v) is 7.83. The number of hydrogen-bond acceptors (Lipinski definition) is 3. The highest BCUT2D eigenvalue weighted by atomic mass is 79.9. The van der Waals surface area contributed by atoms with Crippen LogP contribution in [0.4, 0.5) is 0 Å². The molecule has 1 aromatic carbocycles. The highest BCUT2D eigenvalue weighted by Gasteiger charge is 2.12. The summed E-state index contributed by atoms with van der Waals surface area (Å²) in [6.45, 7) is 4.94. The van der Waals surface area contributed by atoms with Crippen molar-refractivity contribution < 1.29 is 4.79 Å². The van der Waals surface area contributed by atoms with Gasteiger partial charge in [-0.15, -0.1) is 11.8 Å². The Hall–Kier alpha value is -1.07. The largest absolute Gasteiger partial charge is 0.298 e. The monoisotopic (exact) mass is 338 g/mol. The molecule has 2 aromatic rings. The predicted molar refractivity (Wildman–Crippen MR) is 81.7 cm³/mol. The molecule has 0 unspecified atom stereocenters. The summed E-state index contributed by atoms with van der Waals surface area (Å²) in [5.41, 5.74) is 2.91. The third-order valence-corrected chi connectivity index (χ3v) is 4.86. The number of halogens is 1. The van der Waals surface area contributed by atoms with E-state index in [-0.39, 0.29) is 0 Å². The van der Waals surface area contributed by atoms with E-state index >= 15 is 0 Å². The highest BCUT2D eigenvalue weighted by Crippen LogP contribution is 2.29. The Kier molecular flexibility index (Phi) is 4.82. The summed E-state index contributed by atoms with van der Waals surface area (Å²) >= 11 is 5.30. The van der Waals surface area contributed by atoms with E-state index in [1.807, 2.05) is 35.9 Å². The molecule has 0 aliphatic rings. The van der Waals surface area contributed by atoms with E-state index in [0.717, 1.165) is 33.6 Å². The number of carbonyl (C=O) groups is 1. The molecule has 0 saturated heterocycles. The average Bonchev–Trinajstić information content (AvgIpc) is 2.72. The second-order valence-corrected chi connectivity index (χ2v) is 5.98. The summed E-state index contributed by atoms with van der Waals surface area (Å²) in [7, 11) is 0. The van der Waals surface area contributed by atoms with Crippen LogP contribution in [0.5, 0.6) is 0 Å². The summed E-state index contributed by atoms with van der Waals surface area (Å²) in [5, 5.41) is 4.47. The topological polar surface area (TPSA) is 34.9 Å². The minimum absolute atomic E-state index is 0.712. The lowest BCUT2D eigenvalue weighted by Crippen LogP contribution is -2.01. The molecule has 0 atom stereocenters. The Balaban J connectivity index is 2.16. The first kappa shape index (κ1) is 14.3. The van der Waals surface area contributed by atoms with Crippen molar-refractivity contribution >= 4 is 34.0 Å². The molecule has 3 nitrogen and oxygen atoms in total. The Morgan fingerprint density at radius 1 is 1.47 bits per heavy atom. The van der Waals surface area contributed by atoms with Crippen molar-refractivity contribution in [3.8, 4) is 0 Å². The summed E-state index contributed by atoms with van der Waals surface area (Å²) in [5.74, 6) is 0.831. The lowest BCUT2D eigenvalue weighted by atomic mass is 10.2. The lowest BCUT2D eigenvalue weighted by molar-refractivity contribution is 0.112. The first-order valence-electron chi connectivity index (χ1n) is 6.05. The fourth-order valence-corrected chi connectivity index (χ4v) is 3.44. The maximum Gasteiger partial charge on any atom is 0.150 e. The molecule has 0 N–H and O–H groups in total. The van der Waals surface area contributed by atoms with Crippen LogP contribution in [-0.2, 0) is 12.3 Å². The van der Waals surface area contributed by atoms with Crippen molar-refractivity contribution in [3.63, 3.8) is 0 Å². The van der Waals surface area contributed by atoms with Crippen LogP contribution in [0.25, 0.3) is 0 Å². The van der Waals surface area contributed by atoms with Gasteiger partial charge in [0.1, 0.15) is 6.29 Å². The summed E-state index contributed by atoms with van der Waals surface area (Å²) in [6, 6.07) is 7.65. The first-order chi connectivity index (χ1) is 9.15. The van der Waals surface area contributed by atoms with E-state index < -0.39 is 0 Å². The van der Waals surface area contributed by atoms with Crippen molar-refractivity contribution in [1.29, 1.82) is 0 Å². The van der Waals surface area contributed by atoms with Gasteiger partial charge in [0.05, 0.1) is 15.9 Å². The van der Waals surface area contributed by atoms with Crippen molar-refractivity contribution in [2.75, 3.05) is 0 Å².